The monoisotopic (exact) mass is 481 g/mol. The molecule has 9 heteroatoms. The summed E-state index contributed by atoms with van der Waals surface area (Å²) in [5.41, 5.74) is -0.122. The van der Waals surface area contributed by atoms with Crippen molar-refractivity contribution in [1.82, 2.24) is 9.97 Å². The third-order valence-corrected chi connectivity index (χ3v) is 5.36. The summed E-state index contributed by atoms with van der Waals surface area (Å²) in [6.07, 6.45) is -2.15. The molecule has 2 aromatic carbocycles. The SMILES string of the molecule is CCCCCCCNc1nc(-c2ccc(C(F)(F)F)cc2)ncc1-c1ccc(C(F)(F)F)cc1. The molecule has 0 saturated heterocycles. The van der Waals surface area contributed by atoms with E-state index in [-0.39, 0.29) is 5.82 Å². The van der Waals surface area contributed by atoms with Crippen LogP contribution in [-0.4, -0.2) is 16.5 Å². The van der Waals surface area contributed by atoms with Gasteiger partial charge in [-0.05, 0) is 36.2 Å². The lowest BCUT2D eigenvalue weighted by Crippen LogP contribution is -2.08. The molecular weight excluding hydrogens is 456 g/mol. The molecule has 0 radical (unpaired) electrons. The molecule has 0 aliphatic rings. The minimum atomic E-state index is -4.45. The average Bonchev–Trinajstić information content (AvgIpc) is 2.80. The van der Waals surface area contributed by atoms with E-state index in [9.17, 15) is 26.3 Å². The summed E-state index contributed by atoms with van der Waals surface area (Å²) in [6.45, 7) is 2.72. The molecule has 0 aliphatic carbocycles. The molecule has 0 unspecified atom stereocenters. The van der Waals surface area contributed by atoms with Crippen molar-refractivity contribution in [2.24, 2.45) is 0 Å². The molecule has 0 spiro atoms. The van der Waals surface area contributed by atoms with Crippen molar-refractivity contribution in [3.8, 4) is 22.5 Å². The number of nitrogens with one attached hydrogen (secondary N) is 1. The molecule has 0 amide bonds. The van der Waals surface area contributed by atoms with E-state index >= 15 is 0 Å². The summed E-state index contributed by atoms with van der Waals surface area (Å²) in [4.78, 5) is 8.75. The number of hydrogen-bond donors (Lipinski definition) is 1. The molecule has 1 aromatic heterocycles. The fourth-order valence-electron chi connectivity index (χ4n) is 3.45. The lowest BCUT2D eigenvalue weighted by molar-refractivity contribution is -0.138. The number of anilines is 1. The second-order valence-corrected chi connectivity index (χ2v) is 7.95. The van der Waals surface area contributed by atoms with Crippen LogP contribution in [0.15, 0.2) is 54.7 Å². The average molecular weight is 481 g/mol. The van der Waals surface area contributed by atoms with Crippen LogP contribution in [0.2, 0.25) is 0 Å². The Morgan fingerprint density at radius 3 is 1.76 bits per heavy atom. The van der Waals surface area contributed by atoms with Gasteiger partial charge in [0, 0.05) is 23.9 Å². The summed E-state index contributed by atoms with van der Waals surface area (Å²) < 4.78 is 77.4. The van der Waals surface area contributed by atoms with Crippen LogP contribution in [0.1, 0.15) is 50.2 Å². The van der Waals surface area contributed by atoms with E-state index in [0.29, 0.717) is 29.1 Å². The van der Waals surface area contributed by atoms with Gasteiger partial charge in [0.1, 0.15) is 5.82 Å². The summed E-state index contributed by atoms with van der Waals surface area (Å²) in [5.74, 6) is 0.637. The minimum Gasteiger partial charge on any atom is -0.369 e. The van der Waals surface area contributed by atoms with E-state index in [1.54, 1.807) is 0 Å². The molecule has 0 atom stereocenters. The van der Waals surface area contributed by atoms with Gasteiger partial charge in [-0.15, -0.1) is 0 Å². The van der Waals surface area contributed by atoms with Crippen molar-refractivity contribution in [2.45, 2.75) is 51.4 Å². The van der Waals surface area contributed by atoms with Gasteiger partial charge in [-0.1, -0.05) is 56.9 Å². The Morgan fingerprint density at radius 2 is 1.24 bits per heavy atom. The fourth-order valence-corrected chi connectivity index (χ4v) is 3.45. The number of rotatable bonds is 9. The topological polar surface area (TPSA) is 37.8 Å². The number of halogens is 6. The van der Waals surface area contributed by atoms with Crippen LogP contribution < -0.4 is 5.32 Å². The molecule has 0 aliphatic heterocycles. The van der Waals surface area contributed by atoms with Gasteiger partial charge in [-0.3, -0.25) is 0 Å². The lowest BCUT2D eigenvalue weighted by atomic mass is 10.0. The van der Waals surface area contributed by atoms with Crippen molar-refractivity contribution < 1.29 is 26.3 Å². The first-order valence-electron chi connectivity index (χ1n) is 11.1. The smallest absolute Gasteiger partial charge is 0.369 e. The van der Waals surface area contributed by atoms with Crippen LogP contribution in [0.3, 0.4) is 0 Å². The highest BCUT2D eigenvalue weighted by Crippen LogP contribution is 2.34. The standard InChI is InChI=1S/C25H25F6N3/c1-2-3-4-5-6-15-32-23-21(17-7-11-19(12-8-17)24(26,27)28)16-33-22(34-23)18-9-13-20(14-10-18)25(29,30)31/h7-14,16H,2-6,15H2,1H3,(H,32,33,34). The maximum absolute atomic E-state index is 12.9. The Hall–Kier alpha value is -3.10. The van der Waals surface area contributed by atoms with Gasteiger partial charge in [-0.2, -0.15) is 26.3 Å². The highest BCUT2D eigenvalue weighted by Gasteiger charge is 2.31. The zero-order valence-corrected chi connectivity index (χ0v) is 18.6. The van der Waals surface area contributed by atoms with Crippen LogP contribution >= 0.6 is 0 Å². The third-order valence-electron chi connectivity index (χ3n) is 5.36. The molecule has 3 nitrogen and oxygen atoms in total. The Labute approximate surface area is 194 Å². The molecule has 34 heavy (non-hydrogen) atoms. The predicted octanol–water partition coefficient (Wildman–Crippen LogP) is 8.23. The molecule has 1 heterocycles. The summed E-state index contributed by atoms with van der Waals surface area (Å²) in [7, 11) is 0. The molecule has 3 aromatic rings. The van der Waals surface area contributed by atoms with E-state index < -0.39 is 23.5 Å². The van der Waals surface area contributed by atoms with E-state index in [1.807, 2.05) is 0 Å². The first kappa shape index (κ1) is 25.5. The largest absolute Gasteiger partial charge is 0.416 e. The van der Waals surface area contributed by atoms with E-state index in [0.717, 1.165) is 56.4 Å². The van der Waals surface area contributed by atoms with Crippen LogP contribution in [0.5, 0.6) is 0 Å². The van der Waals surface area contributed by atoms with Gasteiger partial charge in [0.05, 0.1) is 11.1 Å². The molecule has 0 bridgehead atoms. The zero-order valence-electron chi connectivity index (χ0n) is 18.6. The second kappa shape index (κ2) is 10.9. The molecular formula is C25H25F6N3. The van der Waals surface area contributed by atoms with Crippen molar-refractivity contribution in [3.63, 3.8) is 0 Å². The number of alkyl halides is 6. The number of unbranched alkanes of at least 4 members (excludes halogenated alkanes) is 4. The lowest BCUT2D eigenvalue weighted by Gasteiger charge is -2.14. The minimum absolute atomic E-state index is 0.220. The third kappa shape index (κ3) is 6.71. The first-order valence-corrected chi connectivity index (χ1v) is 11.1. The Balaban J connectivity index is 1.89. The summed E-state index contributed by atoms with van der Waals surface area (Å²) >= 11 is 0. The molecule has 0 fully saturated rings. The number of benzene rings is 2. The normalized spacial score (nSPS) is 12.1. The highest BCUT2D eigenvalue weighted by molar-refractivity contribution is 5.76. The van der Waals surface area contributed by atoms with Gasteiger partial charge in [0.2, 0.25) is 0 Å². The molecule has 0 saturated carbocycles. The molecule has 3 rings (SSSR count). The Kier molecular flexibility index (Phi) is 8.17. The number of aromatic nitrogens is 2. The van der Waals surface area contributed by atoms with Crippen molar-refractivity contribution in [1.29, 1.82) is 0 Å². The second-order valence-electron chi connectivity index (χ2n) is 7.95. The van der Waals surface area contributed by atoms with E-state index in [4.69, 9.17) is 0 Å². The fraction of sp³-hybridized carbons (Fsp3) is 0.360. The van der Waals surface area contributed by atoms with Gasteiger partial charge >= 0.3 is 12.4 Å². The van der Waals surface area contributed by atoms with Gasteiger partial charge in [0.15, 0.2) is 5.82 Å². The van der Waals surface area contributed by atoms with Gasteiger partial charge in [-0.25, -0.2) is 9.97 Å². The zero-order chi connectivity index (χ0) is 24.8. The van der Waals surface area contributed by atoms with Crippen LogP contribution in [0.25, 0.3) is 22.5 Å². The maximum Gasteiger partial charge on any atom is 0.416 e. The maximum atomic E-state index is 12.9. The summed E-state index contributed by atoms with van der Waals surface area (Å²) in [5, 5.41) is 3.23. The van der Waals surface area contributed by atoms with Crippen LogP contribution in [0.4, 0.5) is 32.2 Å². The van der Waals surface area contributed by atoms with E-state index in [1.165, 1.54) is 30.5 Å². The van der Waals surface area contributed by atoms with Crippen molar-refractivity contribution >= 4 is 5.82 Å². The first-order chi connectivity index (χ1) is 16.1. The van der Waals surface area contributed by atoms with E-state index in [2.05, 4.69) is 22.2 Å². The molecule has 182 valence electrons. The number of nitrogens with zero attached hydrogens (tertiary/aromatic N) is 2. The highest BCUT2D eigenvalue weighted by atomic mass is 19.4. The van der Waals surface area contributed by atoms with Crippen LogP contribution in [0, 0.1) is 0 Å². The Bertz CT molecular complexity index is 1060. The van der Waals surface area contributed by atoms with Gasteiger partial charge < -0.3 is 5.32 Å². The number of hydrogen-bond acceptors (Lipinski definition) is 3. The summed E-state index contributed by atoms with van der Waals surface area (Å²) in [6, 6.07) is 9.21. The van der Waals surface area contributed by atoms with Crippen molar-refractivity contribution in [2.75, 3.05) is 11.9 Å². The predicted molar refractivity (Wildman–Crippen MR) is 120 cm³/mol. The molecule has 1 N–H and O–H groups in total. The van der Waals surface area contributed by atoms with Crippen molar-refractivity contribution in [3.05, 3.63) is 65.9 Å². The Morgan fingerprint density at radius 1 is 0.706 bits per heavy atom. The quantitative estimate of drug-likeness (QED) is 0.247. The van der Waals surface area contributed by atoms with Gasteiger partial charge in [0.25, 0.3) is 0 Å². The van der Waals surface area contributed by atoms with Crippen LogP contribution in [-0.2, 0) is 12.4 Å².